The lowest BCUT2D eigenvalue weighted by Gasteiger charge is -2.15. The Morgan fingerprint density at radius 1 is 1.22 bits per heavy atom. The Morgan fingerprint density at radius 3 is 2.61 bits per heavy atom. The highest BCUT2D eigenvalue weighted by Crippen LogP contribution is 2.20. The van der Waals surface area contributed by atoms with Crippen LogP contribution in [0.25, 0.3) is 0 Å². The van der Waals surface area contributed by atoms with E-state index in [0.29, 0.717) is 18.9 Å². The molecule has 3 amide bonds. The molecule has 0 spiro atoms. The number of hydrogen-bond donors (Lipinski definition) is 1. The zero-order chi connectivity index (χ0) is 17.0. The molecule has 0 unspecified atom stereocenters. The van der Waals surface area contributed by atoms with Crippen LogP contribution in [0.3, 0.4) is 0 Å². The van der Waals surface area contributed by atoms with E-state index >= 15 is 0 Å². The lowest BCUT2D eigenvalue weighted by molar-refractivity contribution is -0.130. The van der Waals surface area contributed by atoms with E-state index in [2.05, 4.69) is 17.4 Å². The molecule has 0 aromatic heterocycles. The molecule has 0 radical (unpaired) electrons. The first-order valence-corrected chi connectivity index (χ1v) is 8.88. The fraction of sp³-hybridized carbons (Fsp3) is 0.529. The minimum absolute atomic E-state index is 0.158. The third kappa shape index (κ3) is 4.41. The second-order valence-corrected chi connectivity index (χ2v) is 7.47. The van der Waals surface area contributed by atoms with Gasteiger partial charge in [0, 0.05) is 18.1 Å². The third-order valence-corrected chi connectivity index (χ3v) is 4.66. The van der Waals surface area contributed by atoms with Gasteiger partial charge in [0.1, 0.15) is 11.3 Å². The highest BCUT2D eigenvalue weighted by Gasteiger charge is 2.43. The van der Waals surface area contributed by atoms with Crippen LogP contribution in [0.1, 0.15) is 25.0 Å². The molecule has 1 heterocycles. The van der Waals surface area contributed by atoms with Gasteiger partial charge in [-0.15, -0.1) is 0 Å². The first-order valence-electron chi connectivity index (χ1n) is 7.73. The fourth-order valence-corrected chi connectivity index (χ4v) is 3.07. The molecule has 0 atom stereocenters. The normalized spacial score (nSPS) is 16.6. The lowest BCUT2D eigenvalue weighted by Crippen LogP contribution is -2.40. The van der Waals surface area contributed by atoms with Gasteiger partial charge in [0.25, 0.3) is 5.91 Å². The molecule has 0 saturated carbocycles. The maximum Gasteiger partial charge on any atom is 0.325 e. The second-order valence-electron chi connectivity index (χ2n) is 6.24. The molecule has 1 fully saturated rings. The standard InChI is InChI=1S/C17H24N2O3S/c1-12-5-6-13(2)14(11-12)22-8-10-23-9-7-19-15(20)17(3,4)18-16(19)21/h5-6,11H,7-10H2,1-4H3,(H,18,21). The summed E-state index contributed by atoms with van der Waals surface area (Å²) in [6.07, 6.45) is 0. The van der Waals surface area contributed by atoms with Crippen LogP contribution in [0.4, 0.5) is 4.79 Å². The Hall–Kier alpha value is -1.69. The molecule has 23 heavy (non-hydrogen) atoms. The van der Waals surface area contributed by atoms with E-state index in [1.54, 1.807) is 25.6 Å². The monoisotopic (exact) mass is 336 g/mol. The highest BCUT2D eigenvalue weighted by atomic mass is 32.2. The number of thioether (sulfide) groups is 1. The summed E-state index contributed by atoms with van der Waals surface area (Å²) in [5, 5.41) is 2.68. The topological polar surface area (TPSA) is 58.6 Å². The Bertz CT molecular complexity index is 602. The van der Waals surface area contributed by atoms with Crippen molar-refractivity contribution in [1.29, 1.82) is 0 Å². The predicted octanol–water partition coefficient (Wildman–Crippen LogP) is 2.75. The van der Waals surface area contributed by atoms with Crippen LogP contribution in [0.15, 0.2) is 18.2 Å². The SMILES string of the molecule is Cc1ccc(C)c(OCCSCCN2C(=O)NC(C)(C)C2=O)c1. The fourth-order valence-electron chi connectivity index (χ4n) is 2.35. The maximum atomic E-state index is 12.0. The van der Waals surface area contributed by atoms with Crippen molar-refractivity contribution in [3.63, 3.8) is 0 Å². The molecule has 126 valence electrons. The first kappa shape index (κ1) is 17.7. The lowest BCUT2D eigenvalue weighted by atomic mass is 10.1. The van der Waals surface area contributed by atoms with Crippen LogP contribution in [0.5, 0.6) is 5.75 Å². The summed E-state index contributed by atoms with van der Waals surface area (Å²) in [6.45, 7) is 8.56. The van der Waals surface area contributed by atoms with Gasteiger partial charge in [-0.1, -0.05) is 12.1 Å². The molecular weight excluding hydrogens is 312 g/mol. The van der Waals surface area contributed by atoms with Gasteiger partial charge in [0.15, 0.2) is 0 Å². The first-order chi connectivity index (χ1) is 10.8. The summed E-state index contributed by atoms with van der Waals surface area (Å²) < 4.78 is 5.78. The van der Waals surface area contributed by atoms with E-state index in [1.807, 2.05) is 19.9 Å². The van der Waals surface area contributed by atoms with E-state index in [1.165, 1.54) is 10.5 Å². The summed E-state index contributed by atoms with van der Waals surface area (Å²) >= 11 is 1.67. The molecule has 1 N–H and O–H groups in total. The maximum absolute atomic E-state index is 12.0. The third-order valence-electron chi connectivity index (χ3n) is 3.73. The van der Waals surface area contributed by atoms with Crippen molar-refractivity contribution in [2.45, 2.75) is 33.2 Å². The number of aryl methyl sites for hydroxylation is 2. The number of benzene rings is 1. The highest BCUT2D eigenvalue weighted by molar-refractivity contribution is 7.99. The molecule has 1 aliphatic rings. The van der Waals surface area contributed by atoms with E-state index in [-0.39, 0.29) is 11.9 Å². The number of hydrogen-bond acceptors (Lipinski definition) is 4. The molecule has 6 heteroatoms. The van der Waals surface area contributed by atoms with Crippen molar-refractivity contribution in [1.82, 2.24) is 10.2 Å². The Balaban J connectivity index is 1.68. The van der Waals surface area contributed by atoms with Crippen molar-refractivity contribution < 1.29 is 14.3 Å². The van der Waals surface area contributed by atoms with Gasteiger partial charge in [-0.05, 0) is 44.9 Å². The predicted molar refractivity (Wildman–Crippen MR) is 93.1 cm³/mol. The number of amides is 3. The summed E-state index contributed by atoms with van der Waals surface area (Å²) in [6, 6.07) is 5.86. The van der Waals surface area contributed by atoms with Crippen LogP contribution in [-0.4, -0.2) is 47.0 Å². The average molecular weight is 336 g/mol. The number of carbonyl (C=O) groups excluding carboxylic acids is 2. The van der Waals surface area contributed by atoms with Gasteiger partial charge in [0.2, 0.25) is 0 Å². The summed E-state index contributed by atoms with van der Waals surface area (Å²) in [7, 11) is 0. The van der Waals surface area contributed by atoms with Crippen molar-refractivity contribution in [2.75, 3.05) is 24.7 Å². The largest absolute Gasteiger partial charge is 0.492 e. The van der Waals surface area contributed by atoms with Crippen molar-refractivity contribution in [3.8, 4) is 5.75 Å². The molecule has 5 nitrogen and oxygen atoms in total. The minimum atomic E-state index is -0.784. The van der Waals surface area contributed by atoms with E-state index < -0.39 is 5.54 Å². The van der Waals surface area contributed by atoms with Gasteiger partial charge >= 0.3 is 6.03 Å². The van der Waals surface area contributed by atoms with Gasteiger partial charge in [-0.25, -0.2) is 4.79 Å². The number of ether oxygens (including phenoxy) is 1. The van der Waals surface area contributed by atoms with Crippen LogP contribution < -0.4 is 10.1 Å². The number of carbonyl (C=O) groups is 2. The summed E-state index contributed by atoms with van der Waals surface area (Å²) in [4.78, 5) is 25.0. The number of nitrogens with one attached hydrogen (secondary N) is 1. The van der Waals surface area contributed by atoms with E-state index in [0.717, 1.165) is 17.1 Å². The summed E-state index contributed by atoms with van der Waals surface area (Å²) in [5.41, 5.74) is 1.52. The van der Waals surface area contributed by atoms with Gasteiger partial charge in [-0.2, -0.15) is 11.8 Å². The van der Waals surface area contributed by atoms with Crippen molar-refractivity contribution in [3.05, 3.63) is 29.3 Å². The zero-order valence-corrected chi connectivity index (χ0v) is 15.0. The van der Waals surface area contributed by atoms with Crippen LogP contribution in [-0.2, 0) is 4.79 Å². The van der Waals surface area contributed by atoms with Crippen LogP contribution >= 0.6 is 11.8 Å². The molecular formula is C17H24N2O3S. The number of urea groups is 1. The quantitative estimate of drug-likeness (QED) is 0.614. The molecule has 1 saturated heterocycles. The van der Waals surface area contributed by atoms with Crippen LogP contribution in [0.2, 0.25) is 0 Å². The molecule has 1 aromatic carbocycles. The summed E-state index contributed by atoms with van der Waals surface area (Å²) in [5.74, 6) is 2.29. The average Bonchev–Trinajstić information content (AvgIpc) is 2.67. The Kier molecular flexibility index (Phi) is 5.57. The number of nitrogens with zero attached hydrogens (tertiary/aromatic N) is 1. The van der Waals surface area contributed by atoms with Gasteiger partial charge in [-0.3, -0.25) is 9.69 Å². The smallest absolute Gasteiger partial charge is 0.325 e. The molecule has 0 bridgehead atoms. The number of rotatable bonds is 7. The Labute approximate surface area is 141 Å². The van der Waals surface area contributed by atoms with Gasteiger partial charge in [0.05, 0.1) is 6.61 Å². The molecule has 1 aliphatic heterocycles. The van der Waals surface area contributed by atoms with Gasteiger partial charge < -0.3 is 10.1 Å². The molecule has 2 rings (SSSR count). The Morgan fingerprint density at radius 2 is 1.96 bits per heavy atom. The second kappa shape index (κ2) is 7.25. The van der Waals surface area contributed by atoms with E-state index in [4.69, 9.17) is 4.74 Å². The number of imide groups is 1. The zero-order valence-electron chi connectivity index (χ0n) is 14.1. The van der Waals surface area contributed by atoms with Crippen molar-refractivity contribution in [2.24, 2.45) is 0 Å². The van der Waals surface area contributed by atoms with Crippen LogP contribution in [0, 0.1) is 13.8 Å². The van der Waals surface area contributed by atoms with Crippen molar-refractivity contribution >= 4 is 23.7 Å². The molecule has 1 aromatic rings. The molecule has 0 aliphatic carbocycles. The van der Waals surface area contributed by atoms with E-state index in [9.17, 15) is 9.59 Å². The minimum Gasteiger partial charge on any atom is -0.492 e.